The van der Waals surface area contributed by atoms with Crippen LogP contribution >= 0.6 is 0 Å². The Kier molecular flexibility index (Phi) is 5.65. The van der Waals surface area contributed by atoms with Crippen molar-refractivity contribution in [1.82, 2.24) is 4.90 Å². The highest BCUT2D eigenvalue weighted by atomic mass is 16.5. The summed E-state index contributed by atoms with van der Waals surface area (Å²) in [5.41, 5.74) is 2.38. The normalized spacial score (nSPS) is 24.8. The molecule has 1 aliphatic rings. The van der Waals surface area contributed by atoms with Crippen molar-refractivity contribution < 1.29 is 9.84 Å². The van der Waals surface area contributed by atoms with Crippen LogP contribution in [0.1, 0.15) is 44.2 Å². The average Bonchev–Trinajstić information content (AvgIpc) is 2.40. The summed E-state index contributed by atoms with van der Waals surface area (Å²) in [5.74, 6) is 0.853. The van der Waals surface area contributed by atoms with Crippen molar-refractivity contribution in [2.75, 3.05) is 13.2 Å². The topological polar surface area (TPSA) is 32.7 Å². The molecule has 0 bridgehead atoms. The number of aryl methyl sites for hydroxylation is 2. The fourth-order valence-electron chi connectivity index (χ4n) is 3.34. The van der Waals surface area contributed by atoms with E-state index in [1.807, 2.05) is 12.1 Å². The highest BCUT2D eigenvalue weighted by Crippen LogP contribution is 2.23. The standard InChI is InChI=1S/C18H29NO2/c1-13-8-14(2)10-18(9-13)21-12-17(20)11-19-15(3)6-5-7-16(19)4/h8-10,15-17,20H,5-7,11-12H2,1-4H3/t15-,16+,17-/m0/s1. The smallest absolute Gasteiger partial charge is 0.119 e. The van der Waals surface area contributed by atoms with Gasteiger partial charge in [0.2, 0.25) is 0 Å². The van der Waals surface area contributed by atoms with E-state index in [2.05, 4.69) is 38.7 Å². The molecule has 0 aromatic heterocycles. The van der Waals surface area contributed by atoms with Gasteiger partial charge in [-0.15, -0.1) is 0 Å². The fourth-order valence-corrected chi connectivity index (χ4v) is 3.34. The van der Waals surface area contributed by atoms with Crippen LogP contribution in [0.15, 0.2) is 18.2 Å². The molecule has 3 atom stereocenters. The van der Waals surface area contributed by atoms with Crippen LogP contribution in [-0.4, -0.2) is 41.3 Å². The molecule has 0 unspecified atom stereocenters. The Morgan fingerprint density at radius 2 is 1.71 bits per heavy atom. The Balaban J connectivity index is 1.85. The van der Waals surface area contributed by atoms with Gasteiger partial charge in [0.15, 0.2) is 0 Å². The zero-order chi connectivity index (χ0) is 15.4. The first-order valence-corrected chi connectivity index (χ1v) is 8.10. The van der Waals surface area contributed by atoms with Crippen LogP contribution in [0.5, 0.6) is 5.75 Å². The zero-order valence-electron chi connectivity index (χ0n) is 13.8. The SMILES string of the molecule is Cc1cc(C)cc(OC[C@@H](O)CN2[C@H](C)CCC[C@@H]2C)c1. The molecule has 2 rings (SSSR count). The summed E-state index contributed by atoms with van der Waals surface area (Å²) in [6, 6.07) is 7.28. The molecule has 0 spiro atoms. The van der Waals surface area contributed by atoms with E-state index >= 15 is 0 Å². The number of nitrogens with zero attached hydrogens (tertiary/aromatic N) is 1. The van der Waals surface area contributed by atoms with E-state index in [4.69, 9.17) is 4.74 Å². The van der Waals surface area contributed by atoms with Gasteiger partial charge in [0, 0.05) is 18.6 Å². The first-order valence-electron chi connectivity index (χ1n) is 8.10. The number of hydrogen-bond acceptors (Lipinski definition) is 3. The largest absolute Gasteiger partial charge is 0.491 e. The molecule has 0 saturated carbocycles. The maximum Gasteiger partial charge on any atom is 0.119 e. The van der Waals surface area contributed by atoms with Crippen LogP contribution < -0.4 is 4.74 Å². The van der Waals surface area contributed by atoms with Gasteiger partial charge in [-0.25, -0.2) is 0 Å². The first kappa shape index (κ1) is 16.3. The number of piperidine rings is 1. The number of hydrogen-bond donors (Lipinski definition) is 1. The van der Waals surface area contributed by atoms with E-state index in [1.165, 1.54) is 30.4 Å². The minimum atomic E-state index is -0.436. The first-order chi connectivity index (χ1) is 9.95. The number of β-amino-alcohol motifs (C(OH)–C–C–N with tert-alkyl or cyclic N) is 1. The molecule has 1 saturated heterocycles. The highest BCUT2D eigenvalue weighted by Gasteiger charge is 2.26. The van der Waals surface area contributed by atoms with Gasteiger partial charge in [-0.1, -0.05) is 12.5 Å². The molecular formula is C18H29NO2. The van der Waals surface area contributed by atoms with E-state index < -0.39 is 6.10 Å². The summed E-state index contributed by atoms with van der Waals surface area (Å²) in [6.45, 7) is 9.70. The Morgan fingerprint density at radius 1 is 1.14 bits per heavy atom. The third-order valence-electron chi connectivity index (χ3n) is 4.44. The van der Waals surface area contributed by atoms with E-state index in [0.29, 0.717) is 25.2 Å². The van der Waals surface area contributed by atoms with E-state index in [1.54, 1.807) is 0 Å². The summed E-state index contributed by atoms with van der Waals surface area (Å²) in [5, 5.41) is 10.3. The van der Waals surface area contributed by atoms with E-state index in [-0.39, 0.29) is 0 Å². The Hall–Kier alpha value is -1.06. The molecule has 1 aromatic rings. The molecule has 0 amide bonds. The average molecular weight is 291 g/mol. The van der Waals surface area contributed by atoms with Gasteiger partial charge in [0.05, 0.1) is 0 Å². The molecule has 1 aliphatic heterocycles. The van der Waals surface area contributed by atoms with Gasteiger partial charge in [-0.3, -0.25) is 4.90 Å². The molecule has 1 aromatic carbocycles. The molecule has 1 fully saturated rings. The quantitative estimate of drug-likeness (QED) is 0.903. The number of rotatable bonds is 5. The van der Waals surface area contributed by atoms with Crippen molar-refractivity contribution in [3.05, 3.63) is 29.3 Å². The number of aliphatic hydroxyl groups is 1. The molecule has 1 heterocycles. The minimum absolute atomic E-state index is 0.360. The van der Waals surface area contributed by atoms with Crippen molar-refractivity contribution in [2.24, 2.45) is 0 Å². The van der Waals surface area contributed by atoms with Crippen LogP contribution in [0.2, 0.25) is 0 Å². The van der Waals surface area contributed by atoms with Crippen molar-refractivity contribution >= 4 is 0 Å². The van der Waals surface area contributed by atoms with Crippen LogP contribution in [0.3, 0.4) is 0 Å². The molecule has 3 heteroatoms. The van der Waals surface area contributed by atoms with E-state index in [9.17, 15) is 5.11 Å². The molecule has 0 radical (unpaired) electrons. The second kappa shape index (κ2) is 7.28. The van der Waals surface area contributed by atoms with Gasteiger partial charge < -0.3 is 9.84 Å². The Bertz CT molecular complexity index is 430. The highest BCUT2D eigenvalue weighted by molar-refractivity contribution is 5.32. The molecule has 3 nitrogen and oxygen atoms in total. The second-order valence-electron chi connectivity index (χ2n) is 6.61. The lowest BCUT2D eigenvalue weighted by Gasteiger charge is -2.40. The van der Waals surface area contributed by atoms with Crippen molar-refractivity contribution in [3.8, 4) is 5.75 Å². The molecule has 118 valence electrons. The third-order valence-corrected chi connectivity index (χ3v) is 4.44. The maximum atomic E-state index is 10.3. The Morgan fingerprint density at radius 3 is 2.29 bits per heavy atom. The lowest BCUT2D eigenvalue weighted by molar-refractivity contribution is 0.0208. The summed E-state index contributed by atoms with van der Waals surface area (Å²) < 4.78 is 5.76. The lowest BCUT2D eigenvalue weighted by Crippen LogP contribution is -2.48. The van der Waals surface area contributed by atoms with Crippen molar-refractivity contribution in [2.45, 2.75) is 65.1 Å². The predicted octanol–water partition coefficient (Wildman–Crippen LogP) is 3.31. The third kappa shape index (κ3) is 4.72. The van der Waals surface area contributed by atoms with Gasteiger partial charge in [-0.05, 0) is 63.8 Å². The Labute approximate surface area is 128 Å². The number of ether oxygens (including phenoxy) is 1. The van der Waals surface area contributed by atoms with Gasteiger partial charge in [0.25, 0.3) is 0 Å². The lowest BCUT2D eigenvalue weighted by atomic mass is 9.97. The summed E-state index contributed by atoms with van der Waals surface area (Å²) >= 11 is 0. The minimum Gasteiger partial charge on any atom is -0.491 e. The van der Waals surface area contributed by atoms with Crippen LogP contribution in [0.4, 0.5) is 0 Å². The molecular weight excluding hydrogens is 262 g/mol. The fraction of sp³-hybridized carbons (Fsp3) is 0.667. The van der Waals surface area contributed by atoms with Crippen molar-refractivity contribution in [1.29, 1.82) is 0 Å². The summed E-state index contributed by atoms with van der Waals surface area (Å²) in [4.78, 5) is 2.42. The van der Waals surface area contributed by atoms with Crippen LogP contribution in [-0.2, 0) is 0 Å². The van der Waals surface area contributed by atoms with Crippen LogP contribution in [0, 0.1) is 13.8 Å². The monoisotopic (exact) mass is 291 g/mol. The number of benzene rings is 1. The molecule has 1 N–H and O–H groups in total. The number of likely N-dealkylation sites (tertiary alicyclic amines) is 1. The van der Waals surface area contributed by atoms with Crippen LogP contribution in [0.25, 0.3) is 0 Å². The van der Waals surface area contributed by atoms with E-state index in [0.717, 1.165) is 5.75 Å². The summed E-state index contributed by atoms with van der Waals surface area (Å²) in [6.07, 6.45) is 3.33. The van der Waals surface area contributed by atoms with Gasteiger partial charge >= 0.3 is 0 Å². The molecule has 21 heavy (non-hydrogen) atoms. The molecule has 0 aliphatic carbocycles. The maximum absolute atomic E-state index is 10.3. The van der Waals surface area contributed by atoms with Gasteiger partial charge in [0.1, 0.15) is 18.5 Å². The predicted molar refractivity (Wildman–Crippen MR) is 86.9 cm³/mol. The number of aliphatic hydroxyl groups excluding tert-OH is 1. The zero-order valence-corrected chi connectivity index (χ0v) is 13.8. The van der Waals surface area contributed by atoms with Crippen molar-refractivity contribution in [3.63, 3.8) is 0 Å². The second-order valence-corrected chi connectivity index (χ2v) is 6.61. The summed E-state index contributed by atoms with van der Waals surface area (Å²) in [7, 11) is 0. The van der Waals surface area contributed by atoms with Gasteiger partial charge in [-0.2, -0.15) is 0 Å².